The highest BCUT2D eigenvalue weighted by atomic mass is 16.6. The zero-order chi connectivity index (χ0) is 18.4. The first-order valence-corrected chi connectivity index (χ1v) is 7.24. The van der Waals surface area contributed by atoms with Crippen molar-refractivity contribution in [1.82, 2.24) is 0 Å². The second-order valence-electron chi connectivity index (χ2n) is 5.03. The third kappa shape index (κ3) is 4.45. The lowest BCUT2D eigenvalue weighted by Crippen LogP contribution is -2.30. The number of methoxy groups -OCH3 is 1. The van der Waals surface area contributed by atoms with Gasteiger partial charge in [-0.15, -0.1) is 0 Å². The summed E-state index contributed by atoms with van der Waals surface area (Å²) >= 11 is 0. The van der Waals surface area contributed by atoms with Crippen LogP contribution in [0.5, 0.6) is 11.5 Å². The lowest BCUT2D eigenvalue weighted by molar-refractivity contribution is -0.385. The van der Waals surface area contributed by atoms with E-state index in [0.29, 0.717) is 11.3 Å². The van der Waals surface area contributed by atoms with Gasteiger partial charge in [-0.25, -0.2) is 0 Å². The van der Waals surface area contributed by atoms with Gasteiger partial charge in [0.05, 0.1) is 29.7 Å². The minimum Gasteiger partial charge on any atom is -0.493 e. The largest absolute Gasteiger partial charge is 0.493 e. The Morgan fingerprint density at radius 2 is 2.04 bits per heavy atom. The lowest BCUT2D eigenvalue weighted by Gasteiger charge is -2.16. The SMILES string of the molecule is COc1ccc([N+](=O)[O-])cc1O[C@H](C)C(=O)Nc1cccc(C#N)c1. The number of anilines is 1. The number of nitro benzene ring substituents is 1. The van der Waals surface area contributed by atoms with Crippen LogP contribution in [-0.2, 0) is 4.79 Å². The number of rotatable bonds is 6. The number of nitriles is 1. The monoisotopic (exact) mass is 341 g/mol. The molecular formula is C17H15N3O5. The summed E-state index contributed by atoms with van der Waals surface area (Å²) in [6.45, 7) is 1.50. The molecule has 8 nitrogen and oxygen atoms in total. The summed E-state index contributed by atoms with van der Waals surface area (Å²) in [6, 6.07) is 12.3. The molecule has 8 heteroatoms. The average molecular weight is 341 g/mol. The summed E-state index contributed by atoms with van der Waals surface area (Å²) < 4.78 is 10.6. The highest BCUT2D eigenvalue weighted by molar-refractivity contribution is 5.94. The molecule has 0 bridgehead atoms. The Hall–Kier alpha value is -3.60. The van der Waals surface area contributed by atoms with Gasteiger partial charge in [0.15, 0.2) is 17.6 Å². The van der Waals surface area contributed by atoms with E-state index in [4.69, 9.17) is 14.7 Å². The van der Waals surface area contributed by atoms with Gasteiger partial charge in [0, 0.05) is 11.8 Å². The maximum Gasteiger partial charge on any atom is 0.273 e. The Kier molecular flexibility index (Phi) is 5.53. The van der Waals surface area contributed by atoms with Crippen molar-refractivity contribution in [1.29, 1.82) is 5.26 Å². The molecule has 0 heterocycles. The van der Waals surface area contributed by atoms with Crippen molar-refractivity contribution >= 4 is 17.3 Å². The molecule has 2 rings (SSSR count). The van der Waals surface area contributed by atoms with Crippen molar-refractivity contribution in [3.05, 3.63) is 58.1 Å². The van der Waals surface area contributed by atoms with Gasteiger partial charge in [-0.1, -0.05) is 6.07 Å². The molecule has 25 heavy (non-hydrogen) atoms. The molecule has 0 spiro atoms. The first-order valence-electron chi connectivity index (χ1n) is 7.24. The molecule has 1 amide bonds. The number of nitro groups is 1. The molecule has 2 aromatic carbocycles. The number of carbonyl (C=O) groups excluding carboxylic acids is 1. The quantitative estimate of drug-likeness (QED) is 0.638. The number of benzene rings is 2. The van der Waals surface area contributed by atoms with Crippen molar-refractivity contribution in [3.8, 4) is 17.6 Å². The van der Waals surface area contributed by atoms with Gasteiger partial charge < -0.3 is 14.8 Å². The molecule has 0 aliphatic heterocycles. The fraction of sp³-hybridized carbons (Fsp3) is 0.176. The van der Waals surface area contributed by atoms with Crippen molar-refractivity contribution in [2.75, 3.05) is 12.4 Å². The lowest BCUT2D eigenvalue weighted by atomic mass is 10.2. The predicted molar refractivity (Wildman–Crippen MR) is 89.5 cm³/mol. The predicted octanol–water partition coefficient (Wildman–Crippen LogP) is 2.88. The summed E-state index contributed by atoms with van der Waals surface area (Å²) in [5.74, 6) is -0.106. The van der Waals surface area contributed by atoms with Crippen LogP contribution in [0, 0.1) is 21.4 Å². The number of amides is 1. The number of nitrogens with one attached hydrogen (secondary N) is 1. The summed E-state index contributed by atoms with van der Waals surface area (Å²) in [7, 11) is 1.39. The molecule has 0 aliphatic carbocycles. The highest BCUT2D eigenvalue weighted by Gasteiger charge is 2.19. The number of non-ortho nitro benzene ring substituents is 1. The fourth-order valence-corrected chi connectivity index (χ4v) is 2.03. The Balaban J connectivity index is 2.14. The van der Waals surface area contributed by atoms with Crippen LogP contribution in [0.2, 0.25) is 0 Å². The van der Waals surface area contributed by atoms with Gasteiger partial charge in [-0.3, -0.25) is 14.9 Å². The van der Waals surface area contributed by atoms with Crippen LogP contribution in [-0.4, -0.2) is 24.0 Å². The molecule has 1 N–H and O–H groups in total. The van der Waals surface area contributed by atoms with E-state index < -0.39 is 16.9 Å². The summed E-state index contributed by atoms with van der Waals surface area (Å²) in [5.41, 5.74) is 0.683. The van der Waals surface area contributed by atoms with E-state index in [1.54, 1.807) is 18.2 Å². The molecule has 0 saturated heterocycles. The molecule has 2 aromatic rings. The highest BCUT2D eigenvalue weighted by Crippen LogP contribution is 2.32. The van der Waals surface area contributed by atoms with Crippen molar-refractivity contribution in [2.45, 2.75) is 13.0 Å². The molecule has 0 radical (unpaired) electrons. The van der Waals surface area contributed by atoms with Gasteiger partial charge >= 0.3 is 0 Å². The zero-order valence-electron chi connectivity index (χ0n) is 13.6. The standard InChI is InChI=1S/C17H15N3O5/c1-11(17(21)19-13-5-3-4-12(8-13)10-18)25-16-9-14(20(22)23)6-7-15(16)24-2/h3-9,11H,1-2H3,(H,19,21)/t11-/m1/s1. The van der Waals surface area contributed by atoms with E-state index in [1.807, 2.05) is 6.07 Å². The number of ether oxygens (including phenoxy) is 2. The second-order valence-corrected chi connectivity index (χ2v) is 5.03. The normalized spacial score (nSPS) is 11.1. The molecule has 0 aromatic heterocycles. The molecule has 0 aliphatic rings. The van der Waals surface area contributed by atoms with Gasteiger partial charge in [-0.2, -0.15) is 5.26 Å². The minimum atomic E-state index is -0.943. The topological polar surface area (TPSA) is 114 Å². The van der Waals surface area contributed by atoms with Crippen LogP contribution in [0.25, 0.3) is 0 Å². The second kappa shape index (κ2) is 7.79. The van der Waals surface area contributed by atoms with Gasteiger partial charge in [0.1, 0.15) is 0 Å². The van der Waals surface area contributed by atoms with E-state index in [1.165, 1.54) is 38.3 Å². The van der Waals surface area contributed by atoms with Crippen molar-refractivity contribution in [2.24, 2.45) is 0 Å². The maximum absolute atomic E-state index is 12.2. The van der Waals surface area contributed by atoms with Crippen LogP contribution in [0.4, 0.5) is 11.4 Å². The first-order chi connectivity index (χ1) is 11.9. The zero-order valence-corrected chi connectivity index (χ0v) is 13.6. The third-order valence-electron chi connectivity index (χ3n) is 3.29. The van der Waals surface area contributed by atoms with Crippen LogP contribution in [0.15, 0.2) is 42.5 Å². The first kappa shape index (κ1) is 17.7. The average Bonchev–Trinajstić information content (AvgIpc) is 2.61. The van der Waals surface area contributed by atoms with Gasteiger partial charge in [0.25, 0.3) is 11.6 Å². The summed E-state index contributed by atoms with van der Waals surface area (Å²) in [6.07, 6.45) is -0.943. The Morgan fingerprint density at radius 3 is 2.68 bits per heavy atom. The van der Waals surface area contributed by atoms with Crippen LogP contribution < -0.4 is 14.8 Å². The number of carbonyl (C=O) groups is 1. The van der Waals surface area contributed by atoms with E-state index in [9.17, 15) is 14.9 Å². The van der Waals surface area contributed by atoms with Gasteiger partial charge in [0.2, 0.25) is 0 Å². The molecular weight excluding hydrogens is 326 g/mol. The number of hydrogen-bond acceptors (Lipinski definition) is 6. The van der Waals surface area contributed by atoms with Crippen LogP contribution in [0.1, 0.15) is 12.5 Å². The van der Waals surface area contributed by atoms with Crippen LogP contribution >= 0.6 is 0 Å². The van der Waals surface area contributed by atoms with E-state index in [0.717, 1.165) is 0 Å². The van der Waals surface area contributed by atoms with E-state index in [2.05, 4.69) is 5.32 Å². The maximum atomic E-state index is 12.2. The van der Waals surface area contributed by atoms with Crippen LogP contribution in [0.3, 0.4) is 0 Å². The molecule has 0 unspecified atom stereocenters. The van der Waals surface area contributed by atoms with E-state index in [-0.39, 0.29) is 17.2 Å². The molecule has 1 atom stereocenters. The smallest absolute Gasteiger partial charge is 0.273 e. The Morgan fingerprint density at radius 1 is 1.28 bits per heavy atom. The van der Waals surface area contributed by atoms with Gasteiger partial charge in [-0.05, 0) is 31.2 Å². The van der Waals surface area contributed by atoms with Crippen molar-refractivity contribution < 1.29 is 19.2 Å². The van der Waals surface area contributed by atoms with Crippen molar-refractivity contribution in [3.63, 3.8) is 0 Å². The molecule has 0 fully saturated rings. The minimum absolute atomic E-state index is 0.0881. The Labute approximate surface area is 143 Å². The Bertz CT molecular complexity index is 844. The summed E-state index contributed by atoms with van der Waals surface area (Å²) in [5, 5.41) is 22.4. The third-order valence-corrected chi connectivity index (χ3v) is 3.29. The fourth-order valence-electron chi connectivity index (χ4n) is 2.03. The number of hydrogen-bond donors (Lipinski definition) is 1. The summed E-state index contributed by atoms with van der Waals surface area (Å²) in [4.78, 5) is 22.6. The molecule has 0 saturated carbocycles. The van der Waals surface area contributed by atoms with E-state index >= 15 is 0 Å². The molecule has 128 valence electrons. The number of nitrogens with zero attached hydrogens (tertiary/aromatic N) is 2.